The molecule has 4 N–H and O–H groups in total. The number of aromatic nitrogens is 2. The molecule has 2 atom stereocenters. The summed E-state index contributed by atoms with van der Waals surface area (Å²) < 4.78 is 0. The molecule has 100 valence electrons. The number of nitrogens with two attached hydrogens (primary N) is 1. The van der Waals surface area contributed by atoms with Gasteiger partial charge in [0.15, 0.2) is 0 Å². The smallest absolute Gasteiger partial charge is 0.137 e. The van der Waals surface area contributed by atoms with Crippen LogP contribution in [0.25, 0.3) is 11.0 Å². The molecule has 0 aliphatic heterocycles. The molecular formula is C14H18N4O. The van der Waals surface area contributed by atoms with Crippen molar-refractivity contribution in [3.63, 3.8) is 0 Å². The minimum atomic E-state index is -0.144. The first kappa shape index (κ1) is 12.2. The first-order valence-corrected chi connectivity index (χ1v) is 6.65. The number of aliphatic imine (C=N–C) groups is 1. The second-order valence-electron chi connectivity index (χ2n) is 5.18. The third-order valence-corrected chi connectivity index (χ3v) is 3.90. The average Bonchev–Trinajstić information content (AvgIpc) is 3.01. The lowest BCUT2D eigenvalue weighted by molar-refractivity contribution is 0.177. The van der Waals surface area contributed by atoms with E-state index >= 15 is 0 Å². The molecule has 2 aromatic heterocycles. The van der Waals surface area contributed by atoms with Gasteiger partial charge in [0, 0.05) is 11.6 Å². The van der Waals surface area contributed by atoms with Crippen molar-refractivity contribution in [1.29, 1.82) is 0 Å². The number of aliphatic hydroxyl groups is 1. The maximum absolute atomic E-state index is 9.66. The fraction of sp³-hybridized carbons (Fsp3) is 0.429. The summed E-state index contributed by atoms with van der Waals surface area (Å²) in [7, 11) is 0. The third-order valence-electron chi connectivity index (χ3n) is 3.90. The molecule has 2 aromatic rings. The largest absolute Gasteiger partial charge is 0.393 e. The molecular weight excluding hydrogens is 240 g/mol. The Bertz CT molecular complexity index is 605. The molecule has 2 heterocycles. The molecule has 0 amide bonds. The van der Waals surface area contributed by atoms with E-state index in [9.17, 15) is 5.11 Å². The Balaban J connectivity index is 1.98. The zero-order chi connectivity index (χ0) is 13.2. The lowest BCUT2D eigenvalue weighted by Gasteiger charge is -2.12. The van der Waals surface area contributed by atoms with Gasteiger partial charge in [-0.3, -0.25) is 0 Å². The van der Waals surface area contributed by atoms with Crippen LogP contribution >= 0.6 is 0 Å². The van der Waals surface area contributed by atoms with Gasteiger partial charge in [-0.25, -0.2) is 9.98 Å². The van der Waals surface area contributed by atoms with Gasteiger partial charge in [-0.2, -0.15) is 0 Å². The van der Waals surface area contributed by atoms with Crippen molar-refractivity contribution in [2.45, 2.75) is 31.8 Å². The number of H-pyrrole nitrogens is 1. The highest BCUT2D eigenvalue weighted by Gasteiger charge is 2.24. The van der Waals surface area contributed by atoms with Gasteiger partial charge in [-0.05, 0) is 43.2 Å². The van der Waals surface area contributed by atoms with Gasteiger partial charge in [-0.15, -0.1) is 0 Å². The van der Waals surface area contributed by atoms with Crippen LogP contribution in [0.3, 0.4) is 0 Å². The lowest BCUT2D eigenvalue weighted by atomic mass is 9.95. The van der Waals surface area contributed by atoms with Crippen LogP contribution < -0.4 is 5.73 Å². The quantitative estimate of drug-likeness (QED) is 0.580. The van der Waals surface area contributed by atoms with Gasteiger partial charge in [0.2, 0.25) is 0 Å². The standard InChI is InChI=1S/C14H18N4O/c15-8-18-13-7-17-14-11(3-4-16-14)12(13)6-9-1-2-10(19)5-9/h3-4,7-10,19H,1-2,5-6H2,(H2,15,18)(H,16,17). The van der Waals surface area contributed by atoms with Crippen molar-refractivity contribution in [2.24, 2.45) is 16.6 Å². The van der Waals surface area contributed by atoms with E-state index in [0.29, 0.717) is 5.92 Å². The van der Waals surface area contributed by atoms with Crippen LogP contribution in [0, 0.1) is 5.92 Å². The zero-order valence-corrected chi connectivity index (χ0v) is 10.7. The Labute approximate surface area is 111 Å². The first-order valence-electron chi connectivity index (χ1n) is 6.65. The van der Waals surface area contributed by atoms with Gasteiger partial charge in [0.1, 0.15) is 5.65 Å². The number of nitrogens with zero attached hydrogens (tertiary/aromatic N) is 2. The molecule has 0 radical (unpaired) electrons. The number of aliphatic hydroxyl groups excluding tert-OH is 1. The molecule has 0 spiro atoms. The van der Waals surface area contributed by atoms with Crippen molar-refractivity contribution in [3.05, 3.63) is 24.0 Å². The second-order valence-corrected chi connectivity index (χ2v) is 5.18. The normalized spacial score (nSPS) is 23.6. The maximum atomic E-state index is 9.66. The minimum Gasteiger partial charge on any atom is -0.393 e. The highest BCUT2D eigenvalue weighted by atomic mass is 16.3. The van der Waals surface area contributed by atoms with Gasteiger partial charge in [-0.1, -0.05) is 0 Å². The number of rotatable bonds is 3. The summed E-state index contributed by atoms with van der Waals surface area (Å²) in [5.74, 6) is 0.516. The zero-order valence-electron chi connectivity index (χ0n) is 10.7. The Hall–Kier alpha value is -1.88. The molecule has 5 nitrogen and oxygen atoms in total. The molecule has 19 heavy (non-hydrogen) atoms. The second kappa shape index (κ2) is 5.01. The van der Waals surface area contributed by atoms with Crippen molar-refractivity contribution >= 4 is 23.1 Å². The first-order chi connectivity index (χ1) is 9.28. The SMILES string of the molecule is NC=Nc1cnc2[nH]ccc2c1CC1CCC(O)C1. The van der Waals surface area contributed by atoms with Gasteiger partial charge >= 0.3 is 0 Å². The Morgan fingerprint density at radius 1 is 1.53 bits per heavy atom. The molecule has 0 saturated heterocycles. The van der Waals surface area contributed by atoms with E-state index in [1.165, 1.54) is 11.9 Å². The van der Waals surface area contributed by atoms with E-state index in [0.717, 1.165) is 42.4 Å². The predicted molar refractivity (Wildman–Crippen MR) is 75.5 cm³/mol. The Morgan fingerprint density at radius 2 is 2.42 bits per heavy atom. The van der Waals surface area contributed by atoms with Gasteiger partial charge in [0.25, 0.3) is 0 Å². The number of fused-ring (bicyclic) bond motifs is 1. The molecule has 1 aliphatic rings. The summed E-state index contributed by atoms with van der Waals surface area (Å²) in [6.45, 7) is 0. The number of hydrogen-bond acceptors (Lipinski definition) is 3. The highest BCUT2D eigenvalue weighted by Crippen LogP contribution is 2.34. The summed E-state index contributed by atoms with van der Waals surface area (Å²) in [6, 6.07) is 2.03. The Kier molecular flexibility index (Phi) is 3.21. The highest BCUT2D eigenvalue weighted by molar-refractivity contribution is 5.84. The van der Waals surface area contributed by atoms with E-state index in [1.54, 1.807) is 6.20 Å². The van der Waals surface area contributed by atoms with Crippen molar-refractivity contribution in [2.75, 3.05) is 0 Å². The van der Waals surface area contributed by atoms with E-state index in [4.69, 9.17) is 5.73 Å². The number of hydrogen-bond donors (Lipinski definition) is 3. The average molecular weight is 258 g/mol. The molecule has 3 rings (SSSR count). The molecule has 0 bridgehead atoms. The van der Waals surface area contributed by atoms with E-state index in [2.05, 4.69) is 15.0 Å². The number of nitrogens with one attached hydrogen (secondary N) is 1. The summed E-state index contributed by atoms with van der Waals surface area (Å²) >= 11 is 0. The van der Waals surface area contributed by atoms with Crippen LogP contribution in [0.15, 0.2) is 23.5 Å². The van der Waals surface area contributed by atoms with Crippen molar-refractivity contribution in [3.8, 4) is 0 Å². The predicted octanol–water partition coefficient (Wildman–Crippen LogP) is 1.88. The fourth-order valence-corrected chi connectivity index (χ4v) is 2.98. The number of aromatic amines is 1. The molecule has 1 aliphatic carbocycles. The van der Waals surface area contributed by atoms with E-state index in [1.807, 2.05) is 12.3 Å². The van der Waals surface area contributed by atoms with E-state index < -0.39 is 0 Å². The summed E-state index contributed by atoms with van der Waals surface area (Å²) in [5.41, 5.74) is 8.29. The minimum absolute atomic E-state index is 0.144. The molecule has 2 unspecified atom stereocenters. The van der Waals surface area contributed by atoms with Crippen LogP contribution in [-0.2, 0) is 6.42 Å². The van der Waals surface area contributed by atoms with Crippen molar-refractivity contribution < 1.29 is 5.11 Å². The maximum Gasteiger partial charge on any atom is 0.137 e. The molecule has 1 fully saturated rings. The fourth-order valence-electron chi connectivity index (χ4n) is 2.98. The van der Waals surface area contributed by atoms with Crippen LogP contribution in [0.5, 0.6) is 0 Å². The van der Waals surface area contributed by atoms with Gasteiger partial charge < -0.3 is 15.8 Å². The Morgan fingerprint density at radius 3 is 3.16 bits per heavy atom. The summed E-state index contributed by atoms with van der Waals surface area (Å²) in [4.78, 5) is 11.7. The van der Waals surface area contributed by atoms with E-state index in [-0.39, 0.29) is 6.10 Å². The molecule has 5 heteroatoms. The van der Waals surface area contributed by atoms with Crippen LogP contribution in [0.4, 0.5) is 5.69 Å². The van der Waals surface area contributed by atoms with Crippen molar-refractivity contribution in [1.82, 2.24) is 9.97 Å². The lowest BCUT2D eigenvalue weighted by Crippen LogP contribution is -2.04. The van der Waals surface area contributed by atoms with Gasteiger partial charge in [0.05, 0.1) is 24.3 Å². The van der Waals surface area contributed by atoms with Crippen LogP contribution in [0.2, 0.25) is 0 Å². The monoisotopic (exact) mass is 258 g/mol. The number of pyridine rings is 1. The summed E-state index contributed by atoms with van der Waals surface area (Å²) in [6.07, 6.45) is 8.57. The third kappa shape index (κ3) is 2.33. The van der Waals surface area contributed by atoms with Crippen LogP contribution in [-0.4, -0.2) is 27.5 Å². The van der Waals surface area contributed by atoms with Crippen LogP contribution in [0.1, 0.15) is 24.8 Å². The summed E-state index contributed by atoms with van der Waals surface area (Å²) in [5, 5.41) is 10.8. The molecule has 0 aromatic carbocycles. The topological polar surface area (TPSA) is 87.3 Å². The molecule has 1 saturated carbocycles.